The maximum atomic E-state index is 12.1. The van der Waals surface area contributed by atoms with Gasteiger partial charge in [0.05, 0.1) is 13.2 Å². The number of rotatable bonds is 7. The molecule has 2 rings (SSSR count). The van der Waals surface area contributed by atoms with Gasteiger partial charge in [0.15, 0.2) is 0 Å². The summed E-state index contributed by atoms with van der Waals surface area (Å²) < 4.78 is 5.31. The van der Waals surface area contributed by atoms with Crippen LogP contribution in [0.15, 0.2) is 18.2 Å². The molecular weight excluding hydrogens is 318 g/mol. The minimum atomic E-state index is -0.0465. The Bertz CT molecular complexity index is 598. The van der Waals surface area contributed by atoms with E-state index in [1.807, 2.05) is 32.0 Å². The number of aryl methyl sites for hydroxylation is 1. The smallest absolute Gasteiger partial charge is 0.223 e. The van der Waals surface area contributed by atoms with Gasteiger partial charge >= 0.3 is 0 Å². The predicted octanol–water partition coefficient (Wildman–Crippen LogP) is 1.49. The number of carbonyl (C=O) groups is 2. The number of hydrogen-bond donors (Lipinski definition) is 1. The van der Waals surface area contributed by atoms with E-state index < -0.39 is 0 Å². The van der Waals surface area contributed by atoms with E-state index in [9.17, 15) is 9.59 Å². The third-order valence-electron chi connectivity index (χ3n) is 4.66. The minimum Gasteiger partial charge on any atom is -0.379 e. The molecule has 25 heavy (non-hydrogen) atoms. The summed E-state index contributed by atoms with van der Waals surface area (Å²) in [6.07, 6.45) is 0.302. The van der Waals surface area contributed by atoms with Gasteiger partial charge in [-0.25, -0.2) is 0 Å². The van der Waals surface area contributed by atoms with Crippen molar-refractivity contribution in [2.45, 2.75) is 27.2 Å². The van der Waals surface area contributed by atoms with Gasteiger partial charge in [-0.15, -0.1) is 0 Å². The van der Waals surface area contributed by atoms with Crippen LogP contribution in [0.25, 0.3) is 0 Å². The molecule has 1 fully saturated rings. The summed E-state index contributed by atoms with van der Waals surface area (Å²) in [4.78, 5) is 28.1. The van der Waals surface area contributed by atoms with Gasteiger partial charge in [0.2, 0.25) is 11.8 Å². The topological polar surface area (TPSA) is 61.9 Å². The molecule has 0 aromatic heterocycles. The van der Waals surface area contributed by atoms with Crippen LogP contribution in [0.3, 0.4) is 0 Å². The number of benzene rings is 1. The Balaban J connectivity index is 1.81. The molecule has 0 aliphatic carbocycles. The normalized spacial score (nSPS) is 15.0. The van der Waals surface area contributed by atoms with Gasteiger partial charge in [-0.2, -0.15) is 0 Å². The molecule has 1 aromatic rings. The highest BCUT2D eigenvalue weighted by molar-refractivity contribution is 5.93. The minimum absolute atomic E-state index is 0.0233. The Kier molecular flexibility index (Phi) is 7.40. The first kappa shape index (κ1) is 19.4. The molecule has 0 radical (unpaired) electrons. The van der Waals surface area contributed by atoms with Crippen LogP contribution in [-0.2, 0) is 14.3 Å². The standard InChI is InChI=1S/C19H29N3O3/c1-15-5-4-6-18(16(15)2)22(17(3)23)9-7-19(24)20-8-10-21-11-13-25-14-12-21/h4-6H,7-14H2,1-3H3,(H,20,24). The van der Waals surface area contributed by atoms with E-state index in [1.165, 1.54) is 6.92 Å². The van der Waals surface area contributed by atoms with Crippen LogP contribution in [0.5, 0.6) is 0 Å². The summed E-state index contributed by atoms with van der Waals surface area (Å²) >= 11 is 0. The zero-order valence-corrected chi connectivity index (χ0v) is 15.5. The van der Waals surface area contributed by atoms with Gasteiger partial charge in [-0.1, -0.05) is 12.1 Å². The zero-order chi connectivity index (χ0) is 18.2. The summed E-state index contributed by atoms with van der Waals surface area (Å²) in [5.41, 5.74) is 3.10. The Morgan fingerprint density at radius 2 is 1.96 bits per heavy atom. The lowest BCUT2D eigenvalue weighted by Crippen LogP contribution is -2.42. The van der Waals surface area contributed by atoms with Crippen molar-refractivity contribution < 1.29 is 14.3 Å². The Hall–Kier alpha value is -1.92. The van der Waals surface area contributed by atoms with Gasteiger partial charge in [0, 0.05) is 51.8 Å². The van der Waals surface area contributed by atoms with Gasteiger partial charge < -0.3 is 15.0 Å². The molecule has 1 saturated heterocycles. The highest BCUT2D eigenvalue weighted by atomic mass is 16.5. The Labute approximate surface area is 150 Å². The van der Waals surface area contributed by atoms with Crippen LogP contribution < -0.4 is 10.2 Å². The second-order valence-corrected chi connectivity index (χ2v) is 6.44. The van der Waals surface area contributed by atoms with Gasteiger partial charge in [0.25, 0.3) is 0 Å². The summed E-state index contributed by atoms with van der Waals surface area (Å²) in [6, 6.07) is 5.89. The molecule has 1 heterocycles. The second kappa shape index (κ2) is 9.53. The van der Waals surface area contributed by atoms with E-state index >= 15 is 0 Å². The number of hydrogen-bond acceptors (Lipinski definition) is 4. The third kappa shape index (κ3) is 5.83. The summed E-state index contributed by atoms with van der Waals surface area (Å²) in [5.74, 6) is -0.0698. The summed E-state index contributed by atoms with van der Waals surface area (Å²) in [6.45, 7) is 10.8. The maximum Gasteiger partial charge on any atom is 0.223 e. The van der Waals surface area contributed by atoms with Crippen molar-refractivity contribution in [2.24, 2.45) is 0 Å². The molecule has 1 N–H and O–H groups in total. The molecule has 138 valence electrons. The second-order valence-electron chi connectivity index (χ2n) is 6.44. The van der Waals surface area contributed by atoms with Crippen molar-refractivity contribution in [3.63, 3.8) is 0 Å². The fourth-order valence-electron chi connectivity index (χ4n) is 2.96. The van der Waals surface area contributed by atoms with Crippen LogP contribution >= 0.6 is 0 Å². The zero-order valence-electron chi connectivity index (χ0n) is 15.5. The summed E-state index contributed by atoms with van der Waals surface area (Å²) in [7, 11) is 0. The van der Waals surface area contributed by atoms with E-state index in [-0.39, 0.29) is 11.8 Å². The maximum absolute atomic E-state index is 12.1. The van der Waals surface area contributed by atoms with Crippen molar-refractivity contribution >= 4 is 17.5 Å². The van der Waals surface area contributed by atoms with Crippen LogP contribution in [-0.4, -0.2) is 62.7 Å². The molecular formula is C19H29N3O3. The largest absolute Gasteiger partial charge is 0.379 e. The number of nitrogens with zero attached hydrogens (tertiary/aromatic N) is 2. The van der Waals surface area contributed by atoms with Crippen LogP contribution in [0, 0.1) is 13.8 Å². The predicted molar refractivity (Wildman–Crippen MR) is 98.8 cm³/mol. The average molecular weight is 347 g/mol. The number of carbonyl (C=O) groups excluding carboxylic acids is 2. The van der Waals surface area contributed by atoms with Crippen LogP contribution in [0.2, 0.25) is 0 Å². The van der Waals surface area contributed by atoms with Crippen molar-refractivity contribution in [3.05, 3.63) is 29.3 Å². The molecule has 0 saturated carbocycles. The van der Waals surface area contributed by atoms with Crippen molar-refractivity contribution in [1.82, 2.24) is 10.2 Å². The molecule has 0 atom stereocenters. The van der Waals surface area contributed by atoms with E-state index in [0.29, 0.717) is 19.5 Å². The molecule has 6 heteroatoms. The molecule has 1 aromatic carbocycles. The van der Waals surface area contributed by atoms with Crippen LogP contribution in [0.1, 0.15) is 24.5 Å². The molecule has 0 bridgehead atoms. The van der Waals surface area contributed by atoms with E-state index in [4.69, 9.17) is 4.74 Å². The molecule has 0 spiro atoms. The lowest BCUT2D eigenvalue weighted by molar-refractivity contribution is -0.121. The Morgan fingerprint density at radius 3 is 2.64 bits per heavy atom. The molecule has 6 nitrogen and oxygen atoms in total. The average Bonchev–Trinajstić information content (AvgIpc) is 2.59. The van der Waals surface area contributed by atoms with E-state index in [1.54, 1.807) is 4.90 Å². The first-order chi connectivity index (χ1) is 12.0. The number of nitrogens with one attached hydrogen (secondary N) is 1. The van der Waals surface area contributed by atoms with Gasteiger partial charge in [-0.05, 0) is 31.0 Å². The third-order valence-corrected chi connectivity index (χ3v) is 4.66. The van der Waals surface area contributed by atoms with Gasteiger partial charge in [0.1, 0.15) is 0 Å². The first-order valence-corrected chi connectivity index (χ1v) is 8.90. The molecule has 1 aliphatic rings. The lowest BCUT2D eigenvalue weighted by Gasteiger charge is -2.26. The fraction of sp³-hybridized carbons (Fsp3) is 0.579. The number of amides is 2. The van der Waals surface area contributed by atoms with Crippen molar-refractivity contribution in [1.29, 1.82) is 0 Å². The highest BCUT2D eigenvalue weighted by Crippen LogP contribution is 2.23. The van der Waals surface area contributed by atoms with Crippen molar-refractivity contribution in [3.8, 4) is 0 Å². The molecule has 0 unspecified atom stereocenters. The monoisotopic (exact) mass is 347 g/mol. The number of ether oxygens (including phenoxy) is 1. The molecule has 2 amide bonds. The number of anilines is 1. The first-order valence-electron chi connectivity index (χ1n) is 8.90. The van der Waals surface area contributed by atoms with Crippen LogP contribution in [0.4, 0.5) is 5.69 Å². The lowest BCUT2D eigenvalue weighted by atomic mass is 10.1. The van der Waals surface area contributed by atoms with E-state index in [0.717, 1.165) is 49.7 Å². The fourth-order valence-corrected chi connectivity index (χ4v) is 2.96. The van der Waals surface area contributed by atoms with Gasteiger partial charge in [-0.3, -0.25) is 14.5 Å². The quantitative estimate of drug-likeness (QED) is 0.812. The summed E-state index contributed by atoms with van der Waals surface area (Å²) in [5, 5.41) is 2.94. The molecule has 1 aliphatic heterocycles. The van der Waals surface area contributed by atoms with E-state index in [2.05, 4.69) is 10.2 Å². The van der Waals surface area contributed by atoms with Crippen molar-refractivity contribution in [2.75, 3.05) is 50.8 Å². The number of morpholine rings is 1. The highest BCUT2D eigenvalue weighted by Gasteiger charge is 2.16. The SMILES string of the molecule is CC(=O)N(CCC(=O)NCCN1CCOCC1)c1cccc(C)c1C. The Morgan fingerprint density at radius 1 is 1.24 bits per heavy atom.